The predicted octanol–water partition coefficient (Wildman–Crippen LogP) is -1.94. The Balaban J connectivity index is -0.00000000450. The van der Waals surface area contributed by atoms with Crippen molar-refractivity contribution in [2.75, 3.05) is 0 Å². The molecule has 0 heterocycles. The van der Waals surface area contributed by atoms with Crippen LogP contribution in [-0.2, 0) is 0 Å². The van der Waals surface area contributed by atoms with E-state index in [1.807, 2.05) is 0 Å². The van der Waals surface area contributed by atoms with Gasteiger partial charge >= 0.3 is 43.9 Å². The summed E-state index contributed by atoms with van der Waals surface area (Å²) >= 11 is 0. The van der Waals surface area contributed by atoms with Crippen LogP contribution in [0.5, 0.6) is 0 Å². The van der Waals surface area contributed by atoms with Crippen LogP contribution >= 0.6 is 0 Å². The molecule has 0 saturated heterocycles. The molecule has 0 fully saturated rings. The van der Waals surface area contributed by atoms with Crippen molar-refractivity contribution in [1.29, 1.82) is 0 Å². The second kappa shape index (κ2) is 15.7. The van der Waals surface area contributed by atoms with Crippen molar-refractivity contribution in [3.05, 3.63) is 0 Å². The molecule has 0 spiro atoms. The summed E-state index contributed by atoms with van der Waals surface area (Å²) < 4.78 is 0. The van der Waals surface area contributed by atoms with Crippen LogP contribution in [0.15, 0.2) is 0 Å². The van der Waals surface area contributed by atoms with E-state index in [1.165, 1.54) is 0 Å². The van der Waals surface area contributed by atoms with Gasteiger partial charge in [0.1, 0.15) is 0 Å². The third-order valence-electron chi connectivity index (χ3n) is 0. The summed E-state index contributed by atoms with van der Waals surface area (Å²) in [6.45, 7) is 0. The van der Waals surface area contributed by atoms with E-state index >= 15 is 0 Å². The third kappa shape index (κ3) is 170. The van der Waals surface area contributed by atoms with Gasteiger partial charge in [0.15, 0.2) is 17.4 Å². The Morgan fingerprint density at radius 2 is 1.43 bits per heavy atom. The molecule has 0 amide bonds. The summed E-state index contributed by atoms with van der Waals surface area (Å²) in [5.41, 5.74) is 0. The number of hydrogen-bond acceptors (Lipinski definition) is 1. The molecule has 0 unspecified atom stereocenters. The number of rotatable bonds is 0. The van der Waals surface area contributed by atoms with Gasteiger partial charge in [0.2, 0.25) is 0 Å². The van der Waals surface area contributed by atoms with Crippen LogP contribution in [0, 0.1) is 0 Å². The molecule has 0 bridgehead atoms. The van der Waals surface area contributed by atoms with Gasteiger partial charge in [-0.05, 0) is 0 Å². The van der Waals surface area contributed by atoms with E-state index in [-0.39, 0.29) is 63.4 Å². The fourth-order valence-electron chi connectivity index (χ4n) is 0. The summed E-state index contributed by atoms with van der Waals surface area (Å²) in [5.74, 6) is 0. The molecule has 0 aliphatic carbocycles. The normalized spacial score (nSPS) is 3.43. The van der Waals surface area contributed by atoms with Crippen molar-refractivity contribution >= 4 is 61.3 Å². The van der Waals surface area contributed by atoms with Gasteiger partial charge < -0.3 is 18.5 Å². The molecule has 0 rings (SSSR count). The smallest absolute Gasteiger partial charge is 1.00 e. The number of carbonyl (C=O) groups is 1. The van der Waals surface area contributed by atoms with E-state index in [4.69, 9.17) is 15.0 Å². The molecule has 0 aromatic carbocycles. The fraction of sp³-hybridized carbons (Fsp3) is 0. The van der Waals surface area contributed by atoms with Crippen LogP contribution < -0.4 is 0 Å². The SMILES string of the molecule is O.O=C(O)O.[AlH3].[Ca+2].[H-].[H-]. The van der Waals surface area contributed by atoms with Crippen LogP contribution in [0.25, 0.3) is 0 Å². The van der Waals surface area contributed by atoms with Crippen molar-refractivity contribution < 1.29 is 23.3 Å². The monoisotopic (exact) mass is 152 g/mol. The first kappa shape index (κ1) is 24.5. The summed E-state index contributed by atoms with van der Waals surface area (Å²) in [4.78, 5) is 8.56. The molecule has 0 aliphatic heterocycles. The molecule has 0 atom stereocenters. The first-order valence-electron chi connectivity index (χ1n) is 0.651. The molecule has 0 radical (unpaired) electrons. The molecule has 0 aliphatic rings. The molecule has 0 aromatic rings. The van der Waals surface area contributed by atoms with Gasteiger partial charge in [-0.25, -0.2) is 4.79 Å². The maximum atomic E-state index is 8.56. The zero-order valence-electron chi connectivity index (χ0n) is 5.01. The van der Waals surface area contributed by atoms with E-state index in [9.17, 15) is 0 Å². The van der Waals surface area contributed by atoms with Gasteiger partial charge in [-0.1, -0.05) is 0 Å². The first-order chi connectivity index (χ1) is 1.73. The van der Waals surface area contributed by atoms with Crippen molar-refractivity contribution in [1.82, 2.24) is 0 Å². The van der Waals surface area contributed by atoms with Gasteiger partial charge in [-0.15, -0.1) is 0 Å². The predicted molar refractivity (Wildman–Crippen MR) is 32.2 cm³/mol. The van der Waals surface area contributed by atoms with Crippen molar-refractivity contribution in [2.45, 2.75) is 0 Å². The summed E-state index contributed by atoms with van der Waals surface area (Å²) in [7, 11) is 0. The average molecular weight is 152 g/mol. The quantitative estimate of drug-likeness (QED) is 0.396. The minimum atomic E-state index is -1.83. The van der Waals surface area contributed by atoms with E-state index in [0.717, 1.165) is 0 Å². The second-order valence-electron chi connectivity index (χ2n) is 0.283. The Morgan fingerprint density at radius 3 is 1.43 bits per heavy atom. The summed E-state index contributed by atoms with van der Waals surface area (Å²) in [6, 6.07) is 0. The zero-order chi connectivity index (χ0) is 3.58. The van der Waals surface area contributed by atoms with E-state index in [2.05, 4.69) is 0 Å². The van der Waals surface area contributed by atoms with E-state index < -0.39 is 6.16 Å². The van der Waals surface area contributed by atoms with Crippen LogP contribution in [0.1, 0.15) is 2.85 Å². The Morgan fingerprint density at radius 1 is 1.43 bits per heavy atom. The molecule has 0 aromatic heterocycles. The summed E-state index contributed by atoms with van der Waals surface area (Å²) in [5, 5.41) is 13.9. The number of hydrogen-bond donors (Lipinski definition) is 2. The Bertz CT molecular complexity index is 41.5. The maximum absolute atomic E-state index is 8.56. The van der Waals surface area contributed by atoms with E-state index in [0.29, 0.717) is 0 Å². The molecule has 4 N–H and O–H groups in total. The van der Waals surface area contributed by atoms with Gasteiger partial charge in [0.05, 0.1) is 0 Å². The molecule has 4 nitrogen and oxygen atoms in total. The summed E-state index contributed by atoms with van der Waals surface area (Å²) in [6.07, 6.45) is -1.83. The van der Waals surface area contributed by atoms with Gasteiger partial charge in [-0.3, -0.25) is 0 Å². The van der Waals surface area contributed by atoms with Crippen LogP contribution in [-0.4, -0.2) is 76.9 Å². The van der Waals surface area contributed by atoms with Crippen LogP contribution in [0.3, 0.4) is 0 Å². The van der Waals surface area contributed by atoms with Crippen molar-refractivity contribution in [2.24, 2.45) is 0 Å². The third-order valence-corrected chi connectivity index (χ3v) is 0. The molecular formula is CH9AlCaO4. The first-order valence-corrected chi connectivity index (χ1v) is 0.651. The fourth-order valence-corrected chi connectivity index (χ4v) is 0. The van der Waals surface area contributed by atoms with Crippen molar-refractivity contribution in [3.8, 4) is 0 Å². The number of carboxylic acid groups (broad SMARTS) is 2. The van der Waals surface area contributed by atoms with Gasteiger partial charge in [0, 0.05) is 0 Å². The second-order valence-corrected chi connectivity index (χ2v) is 0.283. The average Bonchev–Trinajstić information content (AvgIpc) is 0.811. The Labute approximate surface area is 83.9 Å². The molecular weight excluding hydrogens is 143 g/mol. The standard InChI is InChI=1S/CH2O3.Al.Ca.H2O.5H/c2-1(3)4;;;;;;;;/h(H2,2,3,4);;;1H2;;;;;/q;;+2;;;;;2*-1. The Kier molecular flexibility index (Phi) is 55.0. The van der Waals surface area contributed by atoms with E-state index in [1.54, 1.807) is 0 Å². The molecule has 0 saturated carbocycles. The van der Waals surface area contributed by atoms with Gasteiger partial charge in [-0.2, -0.15) is 0 Å². The van der Waals surface area contributed by atoms with Crippen LogP contribution in [0.2, 0.25) is 0 Å². The maximum Gasteiger partial charge on any atom is 2.00 e. The Hall–Kier alpha value is 1.02. The van der Waals surface area contributed by atoms with Crippen LogP contribution in [0.4, 0.5) is 4.79 Å². The molecule has 6 heteroatoms. The minimum Gasteiger partial charge on any atom is -1.00 e. The molecule has 7 heavy (non-hydrogen) atoms. The topological polar surface area (TPSA) is 89.0 Å². The largest absolute Gasteiger partial charge is 2.00 e. The van der Waals surface area contributed by atoms with Gasteiger partial charge in [0.25, 0.3) is 0 Å². The molecule has 42 valence electrons. The van der Waals surface area contributed by atoms with Crippen molar-refractivity contribution in [3.63, 3.8) is 0 Å². The minimum absolute atomic E-state index is 0. The zero-order valence-corrected chi connectivity index (χ0v) is 5.22.